The summed E-state index contributed by atoms with van der Waals surface area (Å²) in [6, 6.07) is 13.2. The van der Waals surface area contributed by atoms with Gasteiger partial charge in [-0.3, -0.25) is 10.2 Å². The maximum absolute atomic E-state index is 6.35. The summed E-state index contributed by atoms with van der Waals surface area (Å²) in [4.78, 5) is 11.6. The van der Waals surface area contributed by atoms with E-state index in [4.69, 9.17) is 4.74 Å². The highest BCUT2D eigenvalue weighted by Gasteiger charge is 2.51. The number of hydrogen-bond acceptors (Lipinski definition) is 5. The molecule has 4 aliphatic heterocycles. The van der Waals surface area contributed by atoms with Crippen molar-refractivity contribution in [3.05, 3.63) is 48.2 Å². The fraction of sp³-hybridized carbons (Fsp3) is 0.429. The zero-order valence-electron chi connectivity index (χ0n) is 15.1. The minimum absolute atomic E-state index is 0.118. The quantitative estimate of drug-likeness (QED) is 0.904. The predicted molar refractivity (Wildman–Crippen MR) is 103 cm³/mol. The number of aliphatic imine (C=N–C) groups is 1. The van der Waals surface area contributed by atoms with Crippen molar-refractivity contribution in [1.82, 2.24) is 9.88 Å². The fourth-order valence-corrected chi connectivity index (χ4v) is 4.56. The van der Waals surface area contributed by atoms with Gasteiger partial charge in [-0.05, 0) is 56.1 Å². The molecule has 1 atom stereocenters. The Bertz CT molecular complexity index is 857. The van der Waals surface area contributed by atoms with Gasteiger partial charge in [0.15, 0.2) is 0 Å². The Morgan fingerprint density at radius 1 is 1.15 bits per heavy atom. The topological polar surface area (TPSA) is 49.8 Å². The molecular formula is C21H24N4O. The van der Waals surface area contributed by atoms with Crippen molar-refractivity contribution in [3.8, 4) is 11.1 Å². The molecule has 0 saturated carbocycles. The first-order valence-corrected chi connectivity index (χ1v) is 9.46. The zero-order chi connectivity index (χ0) is 17.6. The minimum Gasteiger partial charge on any atom is -0.455 e. The lowest BCUT2D eigenvalue weighted by molar-refractivity contribution is -0.0829. The van der Waals surface area contributed by atoms with E-state index in [1.165, 1.54) is 37.1 Å². The van der Waals surface area contributed by atoms with Gasteiger partial charge in [0.25, 0.3) is 6.02 Å². The molecule has 26 heavy (non-hydrogen) atoms. The van der Waals surface area contributed by atoms with Gasteiger partial charge in [-0.2, -0.15) is 0 Å². The van der Waals surface area contributed by atoms with E-state index in [-0.39, 0.29) is 5.60 Å². The second-order valence-electron chi connectivity index (χ2n) is 7.76. The first kappa shape index (κ1) is 15.8. The molecule has 4 aliphatic rings. The smallest absolute Gasteiger partial charge is 0.291 e. The number of benzene rings is 1. The maximum Gasteiger partial charge on any atom is 0.291 e. The van der Waals surface area contributed by atoms with Crippen LogP contribution >= 0.6 is 0 Å². The zero-order valence-corrected chi connectivity index (χ0v) is 15.1. The van der Waals surface area contributed by atoms with Crippen LogP contribution in [0.1, 0.15) is 18.4 Å². The monoisotopic (exact) mass is 348 g/mol. The Kier molecular flexibility index (Phi) is 3.71. The van der Waals surface area contributed by atoms with Gasteiger partial charge in [-0.15, -0.1) is 0 Å². The van der Waals surface area contributed by atoms with Crippen LogP contribution in [0.3, 0.4) is 0 Å². The Morgan fingerprint density at radius 3 is 2.77 bits per heavy atom. The molecule has 1 N–H and O–H groups in total. The van der Waals surface area contributed by atoms with E-state index >= 15 is 0 Å². The highest BCUT2D eigenvalue weighted by Crippen LogP contribution is 2.40. The number of aromatic nitrogens is 1. The lowest BCUT2D eigenvalue weighted by Gasteiger charge is -2.50. The van der Waals surface area contributed by atoms with E-state index in [1.807, 2.05) is 12.3 Å². The molecule has 1 aromatic heterocycles. The van der Waals surface area contributed by atoms with Crippen LogP contribution in [0.15, 0.2) is 47.6 Å². The van der Waals surface area contributed by atoms with Crippen molar-refractivity contribution >= 4 is 11.8 Å². The van der Waals surface area contributed by atoms with Gasteiger partial charge in [0.1, 0.15) is 11.4 Å². The summed E-state index contributed by atoms with van der Waals surface area (Å²) in [6.45, 7) is 6.28. The van der Waals surface area contributed by atoms with Crippen molar-refractivity contribution < 1.29 is 4.74 Å². The number of rotatable bonds is 2. The molecule has 0 amide bonds. The number of fused-ring (bicyclic) bond motifs is 2. The van der Waals surface area contributed by atoms with Crippen molar-refractivity contribution in [2.75, 3.05) is 31.5 Å². The molecule has 5 heterocycles. The van der Waals surface area contributed by atoms with Crippen LogP contribution < -0.4 is 5.32 Å². The average molecular weight is 348 g/mol. The summed E-state index contributed by atoms with van der Waals surface area (Å²) in [7, 11) is 0. The van der Waals surface area contributed by atoms with Crippen LogP contribution in [0.2, 0.25) is 0 Å². The summed E-state index contributed by atoms with van der Waals surface area (Å²) in [5.74, 6) is 1.41. The number of piperidine rings is 3. The fourth-order valence-electron chi connectivity index (χ4n) is 4.56. The van der Waals surface area contributed by atoms with E-state index in [0.29, 0.717) is 11.9 Å². The van der Waals surface area contributed by atoms with Gasteiger partial charge in [0.2, 0.25) is 0 Å². The maximum atomic E-state index is 6.35. The second-order valence-corrected chi connectivity index (χ2v) is 7.76. The normalized spacial score (nSPS) is 29.5. The van der Waals surface area contributed by atoms with Gasteiger partial charge in [0, 0.05) is 18.7 Å². The molecule has 134 valence electrons. The molecule has 5 heteroatoms. The SMILES string of the molecule is Cc1cccc(-c2ccnc(NC3=NCC4(CN5CCC4CC5)O3)c2)c1. The van der Waals surface area contributed by atoms with Gasteiger partial charge in [-0.1, -0.05) is 29.8 Å². The predicted octanol–water partition coefficient (Wildman–Crippen LogP) is 3.32. The molecule has 3 saturated heterocycles. The third kappa shape index (κ3) is 2.76. The van der Waals surface area contributed by atoms with Crippen molar-refractivity contribution in [3.63, 3.8) is 0 Å². The minimum atomic E-state index is -0.118. The van der Waals surface area contributed by atoms with Crippen molar-refractivity contribution in [2.24, 2.45) is 10.9 Å². The van der Waals surface area contributed by atoms with Crippen molar-refractivity contribution in [2.45, 2.75) is 25.4 Å². The Labute approximate surface area is 154 Å². The van der Waals surface area contributed by atoms with Gasteiger partial charge in [0.05, 0.1) is 6.54 Å². The summed E-state index contributed by atoms with van der Waals surface area (Å²) in [6.07, 6.45) is 4.29. The number of ether oxygens (including phenoxy) is 1. The second kappa shape index (κ2) is 6.09. The Morgan fingerprint density at radius 2 is 2.00 bits per heavy atom. The van der Waals surface area contributed by atoms with E-state index in [1.54, 1.807) is 0 Å². The van der Waals surface area contributed by atoms with Gasteiger partial charge < -0.3 is 4.74 Å². The van der Waals surface area contributed by atoms with E-state index in [0.717, 1.165) is 24.5 Å². The molecule has 1 spiro atoms. The standard InChI is InChI=1S/C21H24N4O/c1-15-3-2-4-16(11-15)17-5-8-22-19(12-17)24-20-23-13-21(26-20)14-25-9-6-18(21)7-10-25/h2-5,8,11-12,18H,6-7,9-10,13-14H2,1H3,(H,22,23,24). The summed E-state index contributed by atoms with van der Waals surface area (Å²) < 4.78 is 6.35. The van der Waals surface area contributed by atoms with Crippen LogP contribution in [0.4, 0.5) is 5.82 Å². The lowest BCUT2D eigenvalue weighted by Crippen LogP contribution is -2.61. The van der Waals surface area contributed by atoms with E-state index in [2.05, 4.69) is 57.4 Å². The Balaban J connectivity index is 1.32. The largest absolute Gasteiger partial charge is 0.455 e. The number of aryl methyl sites for hydroxylation is 1. The number of nitrogens with zero attached hydrogens (tertiary/aromatic N) is 3. The number of amidine groups is 1. The summed E-state index contributed by atoms with van der Waals surface area (Å²) in [5, 5.41) is 3.29. The highest BCUT2D eigenvalue weighted by atomic mass is 16.5. The summed E-state index contributed by atoms with van der Waals surface area (Å²) >= 11 is 0. The summed E-state index contributed by atoms with van der Waals surface area (Å²) in [5.41, 5.74) is 3.47. The molecule has 1 aromatic carbocycles. The van der Waals surface area contributed by atoms with E-state index < -0.39 is 0 Å². The molecular weight excluding hydrogens is 324 g/mol. The number of nitrogens with one attached hydrogen (secondary N) is 1. The molecule has 0 aliphatic carbocycles. The molecule has 0 radical (unpaired) electrons. The van der Waals surface area contributed by atoms with Gasteiger partial charge in [-0.25, -0.2) is 9.98 Å². The molecule has 6 rings (SSSR count). The molecule has 5 nitrogen and oxygen atoms in total. The van der Waals surface area contributed by atoms with Crippen LogP contribution in [0, 0.1) is 12.8 Å². The first-order valence-electron chi connectivity index (χ1n) is 9.46. The highest BCUT2D eigenvalue weighted by molar-refractivity contribution is 5.90. The van der Waals surface area contributed by atoms with Crippen LogP contribution in [0.25, 0.3) is 11.1 Å². The third-order valence-corrected chi connectivity index (χ3v) is 5.96. The van der Waals surface area contributed by atoms with Crippen molar-refractivity contribution in [1.29, 1.82) is 0 Å². The average Bonchev–Trinajstić information content (AvgIpc) is 3.05. The molecule has 3 fully saturated rings. The van der Waals surface area contributed by atoms with Crippen LogP contribution in [-0.2, 0) is 4.74 Å². The molecule has 2 bridgehead atoms. The van der Waals surface area contributed by atoms with Gasteiger partial charge >= 0.3 is 0 Å². The third-order valence-electron chi connectivity index (χ3n) is 5.96. The lowest BCUT2D eigenvalue weighted by atomic mass is 9.75. The molecule has 1 unspecified atom stereocenters. The van der Waals surface area contributed by atoms with E-state index in [9.17, 15) is 0 Å². The Hall–Kier alpha value is -2.40. The number of pyridine rings is 1. The number of hydrogen-bond donors (Lipinski definition) is 1. The molecule has 2 aromatic rings. The van der Waals surface area contributed by atoms with Crippen LogP contribution in [-0.4, -0.2) is 47.7 Å². The number of anilines is 1. The first-order chi connectivity index (χ1) is 12.7. The van der Waals surface area contributed by atoms with Crippen LogP contribution in [0.5, 0.6) is 0 Å².